The highest BCUT2D eigenvalue weighted by atomic mass is 79.9. The van der Waals surface area contributed by atoms with Crippen LogP contribution in [0.1, 0.15) is 5.56 Å². The predicted octanol–water partition coefficient (Wildman–Crippen LogP) is 3.03. The van der Waals surface area contributed by atoms with E-state index in [1.54, 1.807) is 0 Å². The number of aliphatic carboxylic acids is 1. The lowest BCUT2D eigenvalue weighted by atomic mass is 10.2. The van der Waals surface area contributed by atoms with E-state index in [1.807, 2.05) is 0 Å². The van der Waals surface area contributed by atoms with Gasteiger partial charge in [-0.3, -0.25) is 0 Å². The Morgan fingerprint density at radius 2 is 2.06 bits per heavy atom. The van der Waals surface area contributed by atoms with Gasteiger partial charge in [0, 0.05) is 10.5 Å². The monoisotopic (exact) mass is 325 g/mol. The third-order valence-corrected chi connectivity index (χ3v) is 2.41. The van der Waals surface area contributed by atoms with Gasteiger partial charge in [0.2, 0.25) is 0 Å². The van der Waals surface area contributed by atoms with Crippen molar-refractivity contribution in [1.82, 2.24) is 0 Å². The quantitative estimate of drug-likeness (QED) is 0.661. The minimum absolute atomic E-state index is 0.175. The molecule has 0 spiro atoms. The van der Waals surface area contributed by atoms with Crippen LogP contribution in [0.5, 0.6) is 5.75 Å². The molecule has 0 fully saturated rings. The van der Waals surface area contributed by atoms with Gasteiger partial charge in [0.05, 0.1) is 5.69 Å². The Balaban J connectivity index is 3.14. The Labute approximate surface area is 108 Å². The first kappa shape index (κ1) is 14.4. The van der Waals surface area contributed by atoms with E-state index in [-0.39, 0.29) is 15.7 Å². The van der Waals surface area contributed by atoms with Crippen LogP contribution in [0, 0.1) is 0 Å². The van der Waals surface area contributed by atoms with Crippen LogP contribution >= 0.6 is 15.9 Å². The zero-order chi connectivity index (χ0) is 13.9. The molecule has 0 unspecified atom stereocenters. The molecule has 1 aromatic carbocycles. The van der Waals surface area contributed by atoms with Gasteiger partial charge in [0.25, 0.3) is 0 Å². The van der Waals surface area contributed by atoms with Gasteiger partial charge in [-0.2, -0.15) is 0 Å². The van der Waals surface area contributed by atoms with Crippen molar-refractivity contribution in [2.24, 2.45) is 0 Å². The number of halogens is 4. The van der Waals surface area contributed by atoms with Crippen LogP contribution in [0.4, 0.5) is 18.9 Å². The maximum atomic E-state index is 12.1. The van der Waals surface area contributed by atoms with Crippen molar-refractivity contribution in [2.45, 2.75) is 6.36 Å². The van der Waals surface area contributed by atoms with Crippen molar-refractivity contribution < 1.29 is 27.8 Å². The van der Waals surface area contributed by atoms with Crippen LogP contribution in [-0.4, -0.2) is 17.4 Å². The number of anilines is 1. The Hall–Kier alpha value is -1.70. The number of rotatable bonds is 3. The predicted molar refractivity (Wildman–Crippen MR) is 61.9 cm³/mol. The van der Waals surface area contributed by atoms with Crippen LogP contribution in [0.15, 0.2) is 22.7 Å². The SMILES string of the molecule is Nc1c(Br)cc(/C=C/C(=O)O)cc1OC(F)(F)F. The molecule has 18 heavy (non-hydrogen) atoms. The normalized spacial score (nSPS) is 11.8. The molecule has 8 heteroatoms. The van der Waals surface area contributed by atoms with Crippen molar-refractivity contribution in [2.75, 3.05) is 5.73 Å². The lowest BCUT2D eigenvalue weighted by molar-refractivity contribution is -0.274. The van der Waals surface area contributed by atoms with Crippen LogP contribution in [-0.2, 0) is 4.79 Å². The summed E-state index contributed by atoms with van der Waals surface area (Å²) in [5, 5.41) is 8.42. The molecule has 0 aliphatic heterocycles. The number of carboxylic acids is 1. The zero-order valence-corrected chi connectivity index (χ0v) is 10.2. The molecule has 0 atom stereocenters. The van der Waals surface area contributed by atoms with Gasteiger partial charge in [-0.1, -0.05) is 0 Å². The molecule has 0 amide bonds. The van der Waals surface area contributed by atoms with Crippen LogP contribution in [0.2, 0.25) is 0 Å². The van der Waals surface area contributed by atoms with Crippen LogP contribution < -0.4 is 10.5 Å². The molecule has 4 nitrogen and oxygen atoms in total. The zero-order valence-electron chi connectivity index (χ0n) is 8.66. The summed E-state index contributed by atoms with van der Waals surface area (Å²) in [4.78, 5) is 10.3. The summed E-state index contributed by atoms with van der Waals surface area (Å²) < 4.78 is 40.2. The molecular formula is C10H7BrF3NO3. The highest BCUT2D eigenvalue weighted by Gasteiger charge is 2.32. The fourth-order valence-electron chi connectivity index (χ4n) is 1.09. The molecule has 0 radical (unpaired) electrons. The number of benzene rings is 1. The molecule has 0 aliphatic carbocycles. The smallest absolute Gasteiger partial charge is 0.478 e. The number of nitrogens with two attached hydrogens (primary N) is 1. The highest BCUT2D eigenvalue weighted by Crippen LogP contribution is 2.35. The molecule has 0 aromatic heterocycles. The van der Waals surface area contributed by atoms with Crippen molar-refractivity contribution in [3.8, 4) is 5.75 Å². The van der Waals surface area contributed by atoms with Gasteiger partial charge in [-0.05, 0) is 39.7 Å². The van der Waals surface area contributed by atoms with E-state index in [0.717, 1.165) is 18.2 Å². The fourth-order valence-corrected chi connectivity index (χ4v) is 1.55. The maximum Gasteiger partial charge on any atom is 0.573 e. The molecule has 0 bridgehead atoms. The summed E-state index contributed by atoms with van der Waals surface area (Å²) in [7, 11) is 0. The molecule has 0 heterocycles. The summed E-state index contributed by atoms with van der Waals surface area (Å²) >= 11 is 2.96. The molecule has 3 N–H and O–H groups in total. The second kappa shape index (κ2) is 5.30. The van der Waals surface area contributed by atoms with E-state index in [9.17, 15) is 18.0 Å². The molecule has 0 saturated heterocycles. The first-order valence-corrected chi connectivity index (χ1v) is 5.24. The van der Waals surface area contributed by atoms with Crippen molar-refractivity contribution in [3.63, 3.8) is 0 Å². The average molecular weight is 326 g/mol. The summed E-state index contributed by atoms with van der Waals surface area (Å²) in [5.74, 6) is -1.82. The maximum absolute atomic E-state index is 12.1. The Bertz CT molecular complexity index is 500. The minimum atomic E-state index is -4.87. The molecule has 98 valence electrons. The van der Waals surface area contributed by atoms with Crippen LogP contribution in [0.3, 0.4) is 0 Å². The van der Waals surface area contributed by atoms with Crippen molar-refractivity contribution in [3.05, 3.63) is 28.2 Å². The third kappa shape index (κ3) is 4.28. The second-order valence-corrected chi connectivity index (χ2v) is 3.99. The van der Waals surface area contributed by atoms with E-state index < -0.39 is 18.1 Å². The summed E-state index contributed by atoms with van der Waals surface area (Å²) in [5.41, 5.74) is 5.39. The molecule has 0 aliphatic rings. The van der Waals surface area contributed by atoms with Gasteiger partial charge in [0.1, 0.15) is 0 Å². The molecule has 1 rings (SSSR count). The average Bonchev–Trinajstić information content (AvgIpc) is 2.20. The largest absolute Gasteiger partial charge is 0.573 e. The molecule has 0 saturated carbocycles. The van der Waals surface area contributed by atoms with E-state index in [2.05, 4.69) is 20.7 Å². The van der Waals surface area contributed by atoms with Gasteiger partial charge in [-0.15, -0.1) is 13.2 Å². The summed E-state index contributed by atoms with van der Waals surface area (Å²) in [6.07, 6.45) is -2.96. The number of ether oxygens (including phenoxy) is 1. The van der Waals surface area contributed by atoms with E-state index in [0.29, 0.717) is 0 Å². The van der Waals surface area contributed by atoms with E-state index in [4.69, 9.17) is 10.8 Å². The molecular weight excluding hydrogens is 319 g/mol. The number of nitrogen functional groups attached to an aromatic ring is 1. The third-order valence-electron chi connectivity index (χ3n) is 1.76. The fraction of sp³-hybridized carbons (Fsp3) is 0.100. The Kier molecular flexibility index (Phi) is 4.23. The number of hydrogen-bond donors (Lipinski definition) is 2. The topological polar surface area (TPSA) is 72.6 Å². The summed E-state index contributed by atoms with van der Waals surface area (Å²) in [6, 6.07) is 2.37. The van der Waals surface area contributed by atoms with E-state index in [1.165, 1.54) is 6.07 Å². The lowest BCUT2D eigenvalue weighted by Crippen LogP contribution is -2.18. The van der Waals surface area contributed by atoms with Crippen molar-refractivity contribution in [1.29, 1.82) is 0 Å². The minimum Gasteiger partial charge on any atom is -0.478 e. The number of carboxylic acid groups (broad SMARTS) is 1. The number of hydrogen-bond acceptors (Lipinski definition) is 3. The van der Waals surface area contributed by atoms with Gasteiger partial charge >= 0.3 is 12.3 Å². The highest BCUT2D eigenvalue weighted by molar-refractivity contribution is 9.10. The molecule has 1 aromatic rings. The van der Waals surface area contributed by atoms with Crippen molar-refractivity contribution >= 4 is 33.7 Å². The van der Waals surface area contributed by atoms with E-state index >= 15 is 0 Å². The van der Waals surface area contributed by atoms with Gasteiger partial charge < -0.3 is 15.6 Å². The first-order valence-electron chi connectivity index (χ1n) is 4.45. The van der Waals surface area contributed by atoms with Gasteiger partial charge in [0.15, 0.2) is 5.75 Å². The Morgan fingerprint density at radius 3 is 2.56 bits per heavy atom. The summed E-state index contributed by atoms with van der Waals surface area (Å²) in [6.45, 7) is 0. The standard InChI is InChI=1S/C10H7BrF3NO3/c11-6-3-5(1-2-8(16)17)4-7(9(6)15)18-10(12,13)14/h1-4H,15H2,(H,16,17)/b2-1+. The second-order valence-electron chi connectivity index (χ2n) is 3.13. The Morgan fingerprint density at radius 1 is 1.44 bits per heavy atom. The lowest BCUT2D eigenvalue weighted by Gasteiger charge is -2.12. The first-order chi connectivity index (χ1) is 8.19. The van der Waals surface area contributed by atoms with Gasteiger partial charge in [-0.25, -0.2) is 4.79 Å². The number of alkyl halides is 3. The number of carbonyl (C=O) groups is 1. The van der Waals surface area contributed by atoms with Crippen LogP contribution in [0.25, 0.3) is 6.08 Å².